The molecule has 1 N–H and O–H groups in total. The Kier molecular flexibility index (Phi) is 4.33. The van der Waals surface area contributed by atoms with Gasteiger partial charge in [0.25, 0.3) is 11.8 Å². The zero-order valence-electron chi connectivity index (χ0n) is 11.8. The Hall–Kier alpha value is -2.69. The monoisotopic (exact) mass is 286 g/mol. The maximum Gasteiger partial charge on any atom is 0.255 e. The SMILES string of the molecule is CN(C)C(=O)c1ccc(NC(=O)c2ccc(F)cc2)cc1. The lowest BCUT2D eigenvalue weighted by molar-refractivity contribution is 0.0827. The van der Waals surface area contributed by atoms with Gasteiger partial charge in [0.1, 0.15) is 5.82 Å². The van der Waals surface area contributed by atoms with Gasteiger partial charge in [-0.1, -0.05) is 0 Å². The first-order valence-electron chi connectivity index (χ1n) is 6.36. The molecule has 2 aromatic rings. The molecule has 2 rings (SSSR count). The number of benzene rings is 2. The minimum atomic E-state index is -0.391. The lowest BCUT2D eigenvalue weighted by Gasteiger charge is -2.11. The second kappa shape index (κ2) is 6.17. The Morgan fingerprint density at radius 2 is 1.43 bits per heavy atom. The molecule has 108 valence electrons. The van der Waals surface area contributed by atoms with Crippen LogP contribution in [0.5, 0.6) is 0 Å². The molecule has 2 amide bonds. The number of hydrogen-bond acceptors (Lipinski definition) is 2. The highest BCUT2D eigenvalue weighted by Gasteiger charge is 2.09. The van der Waals surface area contributed by atoms with Gasteiger partial charge in [-0.25, -0.2) is 4.39 Å². The predicted octanol–water partition coefficient (Wildman–Crippen LogP) is 2.78. The van der Waals surface area contributed by atoms with E-state index in [1.54, 1.807) is 38.4 Å². The maximum absolute atomic E-state index is 12.8. The van der Waals surface area contributed by atoms with Crippen LogP contribution in [0.15, 0.2) is 48.5 Å². The number of nitrogens with one attached hydrogen (secondary N) is 1. The fourth-order valence-electron chi connectivity index (χ4n) is 1.76. The number of nitrogens with zero attached hydrogens (tertiary/aromatic N) is 1. The molecule has 21 heavy (non-hydrogen) atoms. The summed E-state index contributed by atoms with van der Waals surface area (Å²) >= 11 is 0. The molecule has 2 aromatic carbocycles. The molecule has 0 bridgehead atoms. The van der Waals surface area contributed by atoms with Gasteiger partial charge in [-0.05, 0) is 48.5 Å². The summed E-state index contributed by atoms with van der Waals surface area (Å²) in [6.45, 7) is 0. The number of amides is 2. The highest BCUT2D eigenvalue weighted by Crippen LogP contribution is 2.12. The van der Waals surface area contributed by atoms with Crippen LogP contribution in [0.1, 0.15) is 20.7 Å². The van der Waals surface area contributed by atoms with Gasteiger partial charge in [0, 0.05) is 30.9 Å². The first kappa shape index (κ1) is 14.7. The summed E-state index contributed by atoms with van der Waals surface area (Å²) in [5.41, 5.74) is 1.48. The van der Waals surface area contributed by atoms with Crippen LogP contribution in [-0.4, -0.2) is 30.8 Å². The van der Waals surface area contributed by atoms with Crippen molar-refractivity contribution < 1.29 is 14.0 Å². The van der Waals surface area contributed by atoms with Gasteiger partial charge in [-0.3, -0.25) is 9.59 Å². The average Bonchev–Trinajstić information content (AvgIpc) is 2.47. The third-order valence-electron chi connectivity index (χ3n) is 2.90. The van der Waals surface area contributed by atoms with E-state index in [1.807, 2.05) is 0 Å². The van der Waals surface area contributed by atoms with Crippen molar-refractivity contribution in [2.24, 2.45) is 0 Å². The highest BCUT2D eigenvalue weighted by molar-refractivity contribution is 6.04. The van der Waals surface area contributed by atoms with Crippen molar-refractivity contribution in [3.63, 3.8) is 0 Å². The fraction of sp³-hybridized carbons (Fsp3) is 0.125. The van der Waals surface area contributed by atoms with Crippen LogP contribution >= 0.6 is 0 Å². The molecule has 0 aromatic heterocycles. The van der Waals surface area contributed by atoms with Crippen molar-refractivity contribution in [3.05, 3.63) is 65.5 Å². The molecular formula is C16H15FN2O2. The van der Waals surface area contributed by atoms with E-state index in [0.29, 0.717) is 16.8 Å². The summed E-state index contributed by atoms with van der Waals surface area (Å²) in [4.78, 5) is 25.2. The van der Waals surface area contributed by atoms with Crippen molar-refractivity contribution in [1.29, 1.82) is 0 Å². The van der Waals surface area contributed by atoms with Gasteiger partial charge in [-0.2, -0.15) is 0 Å². The topological polar surface area (TPSA) is 49.4 Å². The number of hydrogen-bond donors (Lipinski definition) is 1. The van der Waals surface area contributed by atoms with E-state index in [2.05, 4.69) is 5.32 Å². The van der Waals surface area contributed by atoms with Gasteiger partial charge in [-0.15, -0.1) is 0 Å². The maximum atomic E-state index is 12.8. The number of carbonyl (C=O) groups is 2. The summed E-state index contributed by atoms with van der Waals surface area (Å²) < 4.78 is 12.8. The fourth-order valence-corrected chi connectivity index (χ4v) is 1.76. The van der Waals surface area contributed by atoms with Crippen LogP contribution < -0.4 is 5.32 Å². The van der Waals surface area contributed by atoms with E-state index in [1.165, 1.54) is 29.2 Å². The lowest BCUT2D eigenvalue weighted by Crippen LogP contribution is -2.21. The molecule has 0 unspecified atom stereocenters. The van der Waals surface area contributed by atoms with Crippen molar-refractivity contribution in [2.45, 2.75) is 0 Å². The normalized spacial score (nSPS) is 10.0. The van der Waals surface area contributed by atoms with E-state index < -0.39 is 5.82 Å². The largest absolute Gasteiger partial charge is 0.345 e. The minimum absolute atomic E-state index is 0.105. The third-order valence-corrected chi connectivity index (χ3v) is 2.90. The van der Waals surface area contributed by atoms with Gasteiger partial charge in [0.15, 0.2) is 0 Å². The summed E-state index contributed by atoms with van der Waals surface area (Å²) in [7, 11) is 3.35. The molecule has 0 aliphatic carbocycles. The molecule has 4 nitrogen and oxygen atoms in total. The van der Waals surface area contributed by atoms with Crippen LogP contribution in [0.25, 0.3) is 0 Å². The molecule has 5 heteroatoms. The molecule has 0 heterocycles. The summed E-state index contributed by atoms with van der Waals surface area (Å²) in [5.74, 6) is -0.828. The molecule has 0 radical (unpaired) electrons. The zero-order chi connectivity index (χ0) is 15.4. The van der Waals surface area contributed by atoms with E-state index in [4.69, 9.17) is 0 Å². The molecule has 0 aliphatic heterocycles. The Balaban J connectivity index is 2.08. The molecular weight excluding hydrogens is 271 g/mol. The quantitative estimate of drug-likeness (QED) is 0.943. The Morgan fingerprint density at radius 3 is 1.95 bits per heavy atom. The Bertz CT molecular complexity index is 649. The van der Waals surface area contributed by atoms with Crippen molar-refractivity contribution in [2.75, 3.05) is 19.4 Å². The van der Waals surface area contributed by atoms with Crippen LogP contribution in [0, 0.1) is 5.82 Å². The van der Waals surface area contributed by atoms with E-state index in [9.17, 15) is 14.0 Å². The van der Waals surface area contributed by atoms with Gasteiger partial charge in [0.2, 0.25) is 0 Å². The average molecular weight is 286 g/mol. The van der Waals surface area contributed by atoms with Crippen molar-refractivity contribution in [3.8, 4) is 0 Å². The summed E-state index contributed by atoms with van der Waals surface area (Å²) in [5, 5.41) is 2.69. The van der Waals surface area contributed by atoms with Crippen LogP contribution in [-0.2, 0) is 0 Å². The Morgan fingerprint density at radius 1 is 0.905 bits per heavy atom. The van der Waals surface area contributed by atoms with Crippen LogP contribution in [0.4, 0.5) is 10.1 Å². The standard InChI is InChI=1S/C16H15FN2O2/c1-19(2)16(21)12-5-9-14(10-6-12)18-15(20)11-3-7-13(17)8-4-11/h3-10H,1-2H3,(H,18,20). The van der Waals surface area contributed by atoms with E-state index >= 15 is 0 Å². The molecule has 0 fully saturated rings. The van der Waals surface area contributed by atoms with Crippen molar-refractivity contribution in [1.82, 2.24) is 4.90 Å². The number of carbonyl (C=O) groups excluding carboxylic acids is 2. The molecule has 0 saturated heterocycles. The molecule has 0 spiro atoms. The smallest absolute Gasteiger partial charge is 0.255 e. The third kappa shape index (κ3) is 3.66. The van der Waals surface area contributed by atoms with E-state index in [0.717, 1.165) is 0 Å². The highest BCUT2D eigenvalue weighted by atomic mass is 19.1. The molecule has 0 aliphatic rings. The number of halogens is 1. The number of rotatable bonds is 3. The summed E-state index contributed by atoms with van der Waals surface area (Å²) in [6, 6.07) is 11.9. The first-order chi connectivity index (χ1) is 9.97. The van der Waals surface area contributed by atoms with Crippen molar-refractivity contribution >= 4 is 17.5 Å². The van der Waals surface area contributed by atoms with Crippen LogP contribution in [0.3, 0.4) is 0 Å². The van der Waals surface area contributed by atoms with Gasteiger partial charge in [0.05, 0.1) is 0 Å². The molecule has 0 atom stereocenters. The van der Waals surface area contributed by atoms with E-state index in [-0.39, 0.29) is 11.8 Å². The molecule has 0 saturated carbocycles. The summed E-state index contributed by atoms with van der Waals surface area (Å²) in [6.07, 6.45) is 0. The zero-order valence-corrected chi connectivity index (χ0v) is 11.8. The second-order valence-electron chi connectivity index (χ2n) is 4.74. The first-order valence-corrected chi connectivity index (χ1v) is 6.36. The Labute approximate surface area is 122 Å². The number of anilines is 1. The minimum Gasteiger partial charge on any atom is -0.345 e. The lowest BCUT2D eigenvalue weighted by atomic mass is 10.1. The van der Waals surface area contributed by atoms with Crippen LogP contribution in [0.2, 0.25) is 0 Å². The van der Waals surface area contributed by atoms with Gasteiger partial charge >= 0.3 is 0 Å². The second-order valence-corrected chi connectivity index (χ2v) is 4.74. The van der Waals surface area contributed by atoms with Gasteiger partial charge < -0.3 is 10.2 Å². The predicted molar refractivity (Wildman–Crippen MR) is 78.8 cm³/mol.